The lowest BCUT2D eigenvalue weighted by Crippen LogP contribution is -2.34. The van der Waals surface area contributed by atoms with Crippen molar-refractivity contribution in [1.82, 2.24) is 0 Å². The minimum atomic E-state index is -4.46. The van der Waals surface area contributed by atoms with E-state index in [4.69, 9.17) is 4.55 Å². The summed E-state index contributed by atoms with van der Waals surface area (Å²) in [6.45, 7) is 0. The molecule has 0 radical (unpaired) electrons. The van der Waals surface area contributed by atoms with Crippen molar-refractivity contribution in [1.29, 1.82) is 0 Å². The van der Waals surface area contributed by atoms with E-state index >= 15 is 0 Å². The molecule has 0 aliphatic heterocycles. The van der Waals surface area contributed by atoms with Crippen LogP contribution in [0.1, 0.15) is 11.1 Å². The van der Waals surface area contributed by atoms with E-state index in [0.29, 0.717) is 0 Å². The lowest BCUT2D eigenvalue weighted by molar-refractivity contribution is -0.384. The molecule has 0 heterocycles. The van der Waals surface area contributed by atoms with Crippen LogP contribution in [-0.2, 0) is 20.6 Å². The van der Waals surface area contributed by atoms with Gasteiger partial charge in [0.2, 0.25) is 5.78 Å². The normalized spacial score (nSPS) is 19.3. The van der Waals surface area contributed by atoms with Crippen LogP contribution in [-0.4, -0.2) is 28.8 Å². The van der Waals surface area contributed by atoms with Gasteiger partial charge in [0.15, 0.2) is 0 Å². The molecule has 2 aromatic carbocycles. The summed E-state index contributed by atoms with van der Waals surface area (Å²) in [6.07, 6.45) is 2.28. The van der Waals surface area contributed by atoms with E-state index < -0.39 is 31.4 Å². The third-order valence-electron chi connectivity index (χ3n) is 3.83. The Balaban J connectivity index is 2.01. The molecule has 2 aromatic rings. The van der Waals surface area contributed by atoms with Crippen molar-refractivity contribution in [3.05, 3.63) is 69.8 Å². The molecule has 0 fully saturated rings. The summed E-state index contributed by atoms with van der Waals surface area (Å²) in [5, 5.41) is 28.8. The molecule has 0 aromatic heterocycles. The topological polar surface area (TPSA) is 160 Å². The second-order valence-electron chi connectivity index (χ2n) is 5.57. The highest BCUT2D eigenvalue weighted by Crippen LogP contribution is 2.35. The zero-order valence-corrected chi connectivity index (χ0v) is 14.2. The highest BCUT2D eigenvalue weighted by atomic mass is 32.2. The first kappa shape index (κ1) is 18.5. The second kappa shape index (κ2) is 6.46. The number of aliphatic hydroxyl groups is 1. The number of nitro groups is 1. The highest BCUT2D eigenvalue weighted by Gasteiger charge is 2.41. The van der Waals surface area contributed by atoms with Gasteiger partial charge in [0, 0.05) is 17.7 Å². The number of rotatable bonds is 4. The van der Waals surface area contributed by atoms with Gasteiger partial charge in [0.1, 0.15) is 0 Å². The molecule has 0 spiro atoms. The van der Waals surface area contributed by atoms with Gasteiger partial charge in [-0.25, -0.2) is 0 Å². The van der Waals surface area contributed by atoms with Gasteiger partial charge in [0.25, 0.3) is 21.5 Å². The quantitative estimate of drug-likeness (QED) is 0.351. The number of hydrogen-bond donors (Lipinski definition) is 2. The van der Waals surface area contributed by atoms with Gasteiger partial charge in [-0.2, -0.15) is 13.5 Å². The monoisotopic (exact) mass is 389 g/mol. The van der Waals surface area contributed by atoms with E-state index in [1.54, 1.807) is 0 Å². The Labute approximate surface area is 152 Å². The van der Waals surface area contributed by atoms with Crippen molar-refractivity contribution in [2.45, 2.75) is 10.6 Å². The molecule has 3 rings (SSSR count). The molecule has 11 heteroatoms. The van der Waals surface area contributed by atoms with Gasteiger partial charge in [-0.3, -0.25) is 19.5 Å². The maximum Gasteiger partial charge on any atom is 0.294 e. The Hall–Kier alpha value is -3.28. The lowest BCUT2D eigenvalue weighted by Gasteiger charge is -2.25. The zero-order valence-electron chi connectivity index (χ0n) is 13.4. The summed E-state index contributed by atoms with van der Waals surface area (Å²) < 4.78 is 31.6. The van der Waals surface area contributed by atoms with Gasteiger partial charge < -0.3 is 5.11 Å². The van der Waals surface area contributed by atoms with Crippen LogP contribution >= 0.6 is 0 Å². The third kappa shape index (κ3) is 3.51. The standard InChI is InChI=1S/C16H11N3O7S/c20-15-8-1-10-9-13(27(24,25)26)6-7-14(10)16(15,21)18-17-11-2-4-12(5-3-11)19(22)23/h1-9,21H,(H,24,25,26). The van der Waals surface area contributed by atoms with Crippen molar-refractivity contribution in [3.63, 3.8) is 0 Å². The predicted octanol–water partition coefficient (Wildman–Crippen LogP) is 2.37. The summed E-state index contributed by atoms with van der Waals surface area (Å²) in [7, 11) is -4.46. The number of carbonyl (C=O) groups excluding carboxylic acids is 1. The molecule has 2 N–H and O–H groups in total. The molecule has 1 aliphatic carbocycles. The number of fused-ring (bicyclic) bond motifs is 1. The van der Waals surface area contributed by atoms with Crippen LogP contribution in [0.3, 0.4) is 0 Å². The number of benzene rings is 2. The molecule has 1 aliphatic rings. The first-order valence-corrected chi connectivity index (χ1v) is 8.79. The molecule has 0 saturated heterocycles. The number of nitrogens with zero attached hydrogens (tertiary/aromatic N) is 3. The van der Waals surface area contributed by atoms with Gasteiger partial charge in [0.05, 0.1) is 15.5 Å². The second-order valence-corrected chi connectivity index (χ2v) is 6.99. The number of ketones is 1. The van der Waals surface area contributed by atoms with Crippen molar-refractivity contribution >= 4 is 33.4 Å². The molecule has 10 nitrogen and oxygen atoms in total. The molecular weight excluding hydrogens is 378 g/mol. The number of hydrogen-bond acceptors (Lipinski definition) is 8. The smallest absolute Gasteiger partial charge is 0.294 e. The summed E-state index contributed by atoms with van der Waals surface area (Å²) in [5.74, 6) is -0.805. The molecule has 0 amide bonds. The number of non-ortho nitro benzene ring substituents is 1. The number of carbonyl (C=O) groups is 1. The third-order valence-corrected chi connectivity index (χ3v) is 4.67. The van der Waals surface area contributed by atoms with Gasteiger partial charge in [-0.1, -0.05) is 12.1 Å². The lowest BCUT2D eigenvalue weighted by atomic mass is 9.89. The van der Waals surface area contributed by atoms with Crippen molar-refractivity contribution in [2.24, 2.45) is 10.2 Å². The average molecular weight is 389 g/mol. The van der Waals surface area contributed by atoms with Crippen molar-refractivity contribution in [3.8, 4) is 0 Å². The van der Waals surface area contributed by atoms with E-state index in [9.17, 15) is 28.4 Å². The highest BCUT2D eigenvalue weighted by molar-refractivity contribution is 7.85. The molecule has 0 saturated carbocycles. The molecule has 27 heavy (non-hydrogen) atoms. The van der Waals surface area contributed by atoms with E-state index in [1.165, 1.54) is 30.3 Å². The van der Waals surface area contributed by atoms with Gasteiger partial charge >= 0.3 is 0 Å². The molecule has 0 bridgehead atoms. The summed E-state index contributed by atoms with van der Waals surface area (Å²) in [4.78, 5) is 21.8. The predicted molar refractivity (Wildman–Crippen MR) is 91.8 cm³/mol. The Bertz CT molecular complexity index is 1110. The molecule has 138 valence electrons. The fourth-order valence-electron chi connectivity index (χ4n) is 2.45. The van der Waals surface area contributed by atoms with Crippen LogP contribution in [0, 0.1) is 10.1 Å². The Morgan fingerprint density at radius 1 is 1.07 bits per heavy atom. The van der Waals surface area contributed by atoms with Crippen molar-refractivity contribution < 1.29 is 27.8 Å². The largest absolute Gasteiger partial charge is 0.358 e. The average Bonchev–Trinajstić information content (AvgIpc) is 2.62. The maximum absolute atomic E-state index is 12.2. The van der Waals surface area contributed by atoms with Crippen LogP contribution < -0.4 is 0 Å². The maximum atomic E-state index is 12.2. The molecule has 1 unspecified atom stereocenters. The van der Waals surface area contributed by atoms with E-state index in [2.05, 4.69) is 10.2 Å². The fourth-order valence-corrected chi connectivity index (χ4v) is 2.96. The first-order chi connectivity index (χ1) is 12.6. The van der Waals surface area contributed by atoms with Crippen LogP contribution in [0.25, 0.3) is 6.08 Å². The number of nitro benzene ring substituents is 1. The van der Waals surface area contributed by atoms with Crippen LogP contribution in [0.15, 0.2) is 63.7 Å². The van der Waals surface area contributed by atoms with Gasteiger partial charge in [-0.15, -0.1) is 5.11 Å². The van der Waals surface area contributed by atoms with Gasteiger partial charge in [-0.05, 0) is 35.9 Å². The van der Waals surface area contributed by atoms with E-state index in [0.717, 1.165) is 24.3 Å². The zero-order chi connectivity index (χ0) is 19.8. The molecular formula is C16H11N3O7S. The molecule has 1 atom stereocenters. The first-order valence-electron chi connectivity index (χ1n) is 7.35. The fraction of sp³-hybridized carbons (Fsp3) is 0.0625. The Kier molecular flexibility index (Phi) is 4.43. The Morgan fingerprint density at radius 3 is 2.33 bits per heavy atom. The van der Waals surface area contributed by atoms with Crippen LogP contribution in [0.5, 0.6) is 0 Å². The van der Waals surface area contributed by atoms with Crippen LogP contribution in [0.4, 0.5) is 11.4 Å². The van der Waals surface area contributed by atoms with Crippen LogP contribution in [0.2, 0.25) is 0 Å². The summed E-state index contributed by atoms with van der Waals surface area (Å²) >= 11 is 0. The minimum Gasteiger partial charge on any atom is -0.358 e. The number of azo groups is 1. The minimum absolute atomic E-state index is 0.0203. The van der Waals surface area contributed by atoms with Crippen molar-refractivity contribution in [2.75, 3.05) is 0 Å². The summed E-state index contributed by atoms with van der Waals surface area (Å²) in [5.41, 5.74) is -2.26. The SMILES string of the molecule is O=C1C=Cc2cc(S(=O)(=O)O)ccc2C1(O)N=Nc1ccc([N+](=O)[O-])cc1. The summed E-state index contributed by atoms with van der Waals surface area (Å²) in [6, 6.07) is 8.20. The van der Waals surface area contributed by atoms with E-state index in [1.807, 2.05) is 0 Å². The van der Waals surface area contributed by atoms with E-state index in [-0.39, 0.29) is 22.5 Å². The Morgan fingerprint density at radius 2 is 1.74 bits per heavy atom.